The van der Waals surface area contributed by atoms with E-state index in [0.717, 1.165) is 24.3 Å². The molecule has 0 aliphatic rings. The summed E-state index contributed by atoms with van der Waals surface area (Å²) in [6, 6.07) is 0.0616. The van der Waals surface area contributed by atoms with Crippen molar-refractivity contribution in [3.05, 3.63) is 0 Å². The number of carbonyl (C=O) groups excluding carboxylic acids is 1. The lowest BCUT2D eigenvalue weighted by atomic mass is 9.86. The van der Waals surface area contributed by atoms with Crippen LogP contribution >= 0.6 is 11.8 Å². The van der Waals surface area contributed by atoms with Gasteiger partial charge in [0.05, 0.1) is 12.2 Å². The minimum absolute atomic E-state index is 0.0616. The van der Waals surface area contributed by atoms with Crippen LogP contribution in [-0.2, 0) is 9.53 Å². The first-order valence-corrected chi connectivity index (χ1v) is 10.1. The van der Waals surface area contributed by atoms with Gasteiger partial charge in [0.2, 0.25) is 5.91 Å². The Bertz CT molecular complexity index is 335. The van der Waals surface area contributed by atoms with E-state index in [9.17, 15) is 4.79 Å². The van der Waals surface area contributed by atoms with E-state index in [1.807, 2.05) is 18.7 Å². The Morgan fingerprint density at radius 2 is 1.70 bits per heavy atom. The van der Waals surface area contributed by atoms with Crippen LogP contribution in [0.5, 0.6) is 0 Å². The Morgan fingerprint density at radius 3 is 2.22 bits per heavy atom. The molecule has 138 valence electrons. The van der Waals surface area contributed by atoms with Crippen LogP contribution < -0.4 is 5.32 Å². The van der Waals surface area contributed by atoms with Gasteiger partial charge in [0.1, 0.15) is 0 Å². The van der Waals surface area contributed by atoms with Crippen molar-refractivity contribution in [2.45, 2.75) is 86.3 Å². The van der Waals surface area contributed by atoms with E-state index in [0.29, 0.717) is 24.4 Å². The SMILES string of the molecule is CC(C)CSCCC(=O)NC(C)COC(C)(C)CCC(C)(C)C. The second-order valence-corrected chi connectivity index (χ2v) is 9.97. The Labute approximate surface area is 148 Å². The van der Waals surface area contributed by atoms with Gasteiger partial charge in [-0.1, -0.05) is 34.6 Å². The van der Waals surface area contributed by atoms with Crippen LogP contribution in [0.3, 0.4) is 0 Å². The van der Waals surface area contributed by atoms with Crippen LogP contribution in [0, 0.1) is 11.3 Å². The van der Waals surface area contributed by atoms with Gasteiger partial charge in [-0.15, -0.1) is 0 Å². The van der Waals surface area contributed by atoms with E-state index in [2.05, 4.69) is 53.8 Å². The molecule has 0 rings (SSSR count). The van der Waals surface area contributed by atoms with Crippen molar-refractivity contribution in [2.24, 2.45) is 11.3 Å². The summed E-state index contributed by atoms with van der Waals surface area (Å²) >= 11 is 1.85. The lowest BCUT2D eigenvalue weighted by molar-refractivity contribution is -0.122. The molecule has 0 bridgehead atoms. The second-order valence-electron chi connectivity index (χ2n) is 8.82. The van der Waals surface area contributed by atoms with Gasteiger partial charge in [0.15, 0.2) is 0 Å². The molecule has 3 nitrogen and oxygen atoms in total. The molecule has 0 heterocycles. The van der Waals surface area contributed by atoms with Crippen molar-refractivity contribution in [1.82, 2.24) is 5.32 Å². The van der Waals surface area contributed by atoms with Gasteiger partial charge in [-0.25, -0.2) is 0 Å². The molecule has 0 aromatic rings. The van der Waals surface area contributed by atoms with E-state index in [1.54, 1.807) is 0 Å². The zero-order chi connectivity index (χ0) is 18.1. The summed E-state index contributed by atoms with van der Waals surface area (Å²) in [6.45, 7) is 18.0. The number of nitrogens with one attached hydrogen (secondary N) is 1. The highest BCUT2D eigenvalue weighted by Gasteiger charge is 2.23. The maximum Gasteiger partial charge on any atom is 0.221 e. The Kier molecular flexibility index (Phi) is 10.5. The van der Waals surface area contributed by atoms with E-state index in [-0.39, 0.29) is 17.6 Å². The fourth-order valence-corrected chi connectivity index (χ4v) is 2.94. The van der Waals surface area contributed by atoms with Crippen LogP contribution in [-0.4, -0.2) is 35.7 Å². The van der Waals surface area contributed by atoms with Gasteiger partial charge >= 0.3 is 0 Å². The molecular weight excluding hydrogens is 306 g/mol. The summed E-state index contributed by atoms with van der Waals surface area (Å²) in [5.41, 5.74) is 0.188. The van der Waals surface area contributed by atoms with Gasteiger partial charge in [-0.2, -0.15) is 11.8 Å². The molecule has 0 saturated heterocycles. The largest absolute Gasteiger partial charge is 0.373 e. The fraction of sp³-hybridized carbons (Fsp3) is 0.947. The molecule has 0 aromatic carbocycles. The Morgan fingerprint density at radius 1 is 1.09 bits per heavy atom. The molecule has 0 saturated carbocycles. The average molecular weight is 346 g/mol. The first-order valence-electron chi connectivity index (χ1n) is 8.92. The number of carbonyl (C=O) groups is 1. The molecule has 1 N–H and O–H groups in total. The first-order chi connectivity index (χ1) is 10.4. The molecule has 1 atom stereocenters. The number of hydrogen-bond donors (Lipinski definition) is 1. The predicted molar refractivity (Wildman–Crippen MR) is 103 cm³/mol. The van der Waals surface area contributed by atoms with Gasteiger partial charge in [-0.3, -0.25) is 4.79 Å². The highest BCUT2D eigenvalue weighted by atomic mass is 32.2. The molecule has 0 aliphatic heterocycles. The maximum absolute atomic E-state index is 11.9. The van der Waals surface area contributed by atoms with Crippen molar-refractivity contribution in [3.63, 3.8) is 0 Å². The molecule has 23 heavy (non-hydrogen) atoms. The van der Waals surface area contributed by atoms with Gasteiger partial charge in [0, 0.05) is 18.2 Å². The lowest BCUT2D eigenvalue weighted by Crippen LogP contribution is -2.39. The minimum atomic E-state index is -0.140. The number of amides is 1. The first kappa shape index (κ1) is 22.8. The van der Waals surface area contributed by atoms with E-state index in [4.69, 9.17) is 4.74 Å². The molecule has 1 amide bonds. The summed E-state index contributed by atoms with van der Waals surface area (Å²) < 4.78 is 6.02. The third kappa shape index (κ3) is 15.1. The van der Waals surface area contributed by atoms with Crippen LogP contribution in [0.1, 0.15) is 74.7 Å². The molecular formula is C19H39NO2S. The van der Waals surface area contributed by atoms with Crippen molar-refractivity contribution in [1.29, 1.82) is 0 Å². The van der Waals surface area contributed by atoms with Crippen LogP contribution in [0.25, 0.3) is 0 Å². The number of thioether (sulfide) groups is 1. The minimum Gasteiger partial charge on any atom is -0.373 e. The molecule has 4 heteroatoms. The topological polar surface area (TPSA) is 38.3 Å². The zero-order valence-corrected chi connectivity index (χ0v) is 17.4. The summed E-state index contributed by atoms with van der Waals surface area (Å²) in [5, 5.41) is 3.04. The standard InChI is InChI=1S/C19H39NO2S/c1-15(2)14-23-12-9-17(21)20-16(3)13-22-19(7,8)11-10-18(4,5)6/h15-16H,9-14H2,1-8H3,(H,20,21). The lowest BCUT2D eigenvalue weighted by Gasteiger charge is -2.30. The van der Waals surface area contributed by atoms with E-state index in [1.165, 1.54) is 0 Å². The molecule has 0 spiro atoms. The van der Waals surface area contributed by atoms with Crippen molar-refractivity contribution >= 4 is 17.7 Å². The van der Waals surface area contributed by atoms with Gasteiger partial charge in [0.25, 0.3) is 0 Å². The Balaban J connectivity index is 3.91. The summed E-state index contributed by atoms with van der Waals surface area (Å²) in [4.78, 5) is 11.9. The molecule has 0 radical (unpaired) electrons. The van der Waals surface area contributed by atoms with Gasteiger partial charge in [-0.05, 0) is 50.7 Å². The smallest absolute Gasteiger partial charge is 0.221 e. The molecule has 0 aromatic heterocycles. The van der Waals surface area contributed by atoms with Gasteiger partial charge < -0.3 is 10.1 Å². The van der Waals surface area contributed by atoms with Crippen LogP contribution in [0.4, 0.5) is 0 Å². The third-order valence-corrected chi connectivity index (χ3v) is 4.93. The highest BCUT2D eigenvalue weighted by molar-refractivity contribution is 7.99. The summed E-state index contributed by atoms with van der Waals surface area (Å²) in [6.07, 6.45) is 2.76. The maximum atomic E-state index is 11.9. The summed E-state index contributed by atoms with van der Waals surface area (Å²) in [7, 11) is 0. The van der Waals surface area contributed by atoms with Crippen molar-refractivity contribution < 1.29 is 9.53 Å². The molecule has 0 fully saturated rings. The number of hydrogen-bond acceptors (Lipinski definition) is 3. The van der Waals surface area contributed by atoms with Crippen molar-refractivity contribution in [2.75, 3.05) is 18.1 Å². The predicted octanol–water partition coefficient (Wildman–Crippen LogP) is 4.89. The molecule has 0 aliphatic carbocycles. The van der Waals surface area contributed by atoms with Crippen LogP contribution in [0.15, 0.2) is 0 Å². The highest BCUT2D eigenvalue weighted by Crippen LogP contribution is 2.27. The second kappa shape index (κ2) is 10.6. The summed E-state index contributed by atoms with van der Waals surface area (Å²) in [5.74, 6) is 2.83. The Hall–Kier alpha value is -0.220. The van der Waals surface area contributed by atoms with Crippen molar-refractivity contribution in [3.8, 4) is 0 Å². The van der Waals surface area contributed by atoms with E-state index >= 15 is 0 Å². The zero-order valence-electron chi connectivity index (χ0n) is 16.6. The third-order valence-electron chi connectivity index (χ3n) is 3.53. The normalized spacial score (nSPS) is 14.1. The number of ether oxygens (including phenoxy) is 1. The fourth-order valence-electron chi connectivity index (χ4n) is 1.97. The van der Waals surface area contributed by atoms with E-state index < -0.39 is 0 Å². The van der Waals surface area contributed by atoms with Crippen LogP contribution in [0.2, 0.25) is 0 Å². The monoisotopic (exact) mass is 345 g/mol. The number of rotatable bonds is 11. The molecule has 1 unspecified atom stereocenters. The quantitative estimate of drug-likeness (QED) is 0.542. The average Bonchev–Trinajstić information content (AvgIpc) is 2.39.